The molecule has 1 saturated heterocycles. The van der Waals surface area contributed by atoms with Gasteiger partial charge in [0.05, 0.1) is 24.3 Å². The van der Waals surface area contributed by atoms with Gasteiger partial charge in [0.25, 0.3) is 5.91 Å². The van der Waals surface area contributed by atoms with Crippen LogP contribution in [0.5, 0.6) is 5.88 Å². The Morgan fingerprint density at radius 1 is 1.05 bits per heavy atom. The van der Waals surface area contributed by atoms with E-state index in [1.54, 1.807) is 26.8 Å². The maximum Gasteiger partial charge on any atom is 0.408 e. The molecule has 15 nitrogen and oxygen atoms in total. The molecule has 6 rings (SSSR count). The van der Waals surface area contributed by atoms with E-state index in [4.69, 9.17) is 19.4 Å². The Kier molecular flexibility index (Phi) is 12.2. The van der Waals surface area contributed by atoms with Gasteiger partial charge in [0, 0.05) is 34.9 Å². The topological polar surface area (TPSA) is 198 Å². The lowest BCUT2D eigenvalue weighted by molar-refractivity contribution is -0.143. The third kappa shape index (κ3) is 9.76. The summed E-state index contributed by atoms with van der Waals surface area (Å²) in [6.07, 6.45) is 8.52. The van der Waals surface area contributed by atoms with Gasteiger partial charge in [-0.25, -0.2) is 18.2 Å². The number of nitrogens with zero attached hydrogens (tertiary/aromatic N) is 3. The van der Waals surface area contributed by atoms with Crippen molar-refractivity contribution in [2.75, 3.05) is 30.2 Å². The van der Waals surface area contributed by atoms with E-state index < -0.39 is 74.1 Å². The predicted molar refractivity (Wildman–Crippen MR) is 214 cm³/mol. The standard InChI is InChI=1S/C39H53N7O8S2/c1-7-25-21-39(25,36(49)45-56(51,52)28-17-18-28)44-34(47)29-19-27(22-46(29)35(48)32(38(2,3)4)43-37(50)54-26-15-11-12-16-26)53-31-20-30(40-23-55(5)6)41-33(42-31)24-13-9-8-10-14-24/h7-10,13-14,20,25-29,32H,1,11-12,15-19,21-23H2,2-6H3,(H3-,40,41,42,43,44,45,47,49,50)/p+1/t25?,27-,29+,32-,39-/m1/s1. The molecule has 1 aromatic heterocycles. The van der Waals surface area contributed by atoms with Crippen molar-refractivity contribution in [2.24, 2.45) is 11.3 Å². The Labute approximate surface area is 331 Å². The summed E-state index contributed by atoms with van der Waals surface area (Å²) in [5.74, 6) is -0.693. The highest BCUT2D eigenvalue weighted by molar-refractivity contribution is 7.95. The molecule has 4 aliphatic rings. The number of ether oxygens (including phenoxy) is 2. The van der Waals surface area contributed by atoms with Gasteiger partial charge in [-0.2, -0.15) is 4.98 Å². The third-order valence-corrected chi connectivity index (χ3v) is 13.2. The van der Waals surface area contributed by atoms with E-state index in [1.165, 1.54) is 11.0 Å². The maximum atomic E-state index is 14.6. The monoisotopic (exact) mass is 812 g/mol. The molecule has 2 aromatic rings. The van der Waals surface area contributed by atoms with Gasteiger partial charge in [-0.3, -0.25) is 19.1 Å². The average molecular weight is 813 g/mol. The molecular weight excluding hydrogens is 759 g/mol. The van der Waals surface area contributed by atoms with Gasteiger partial charge in [-0.1, -0.05) is 57.2 Å². The van der Waals surface area contributed by atoms with Gasteiger partial charge in [0.15, 0.2) is 11.7 Å². The molecule has 3 saturated carbocycles. The number of anilines is 1. The molecule has 1 aliphatic heterocycles. The number of aromatic nitrogens is 2. The highest BCUT2D eigenvalue weighted by atomic mass is 32.2. The van der Waals surface area contributed by atoms with E-state index in [9.17, 15) is 27.6 Å². The molecule has 2 heterocycles. The first kappa shape index (κ1) is 41.3. The Morgan fingerprint density at radius 3 is 2.36 bits per heavy atom. The molecule has 4 fully saturated rings. The molecule has 17 heteroatoms. The number of alkyl carbamates (subject to hydrolysis) is 1. The van der Waals surface area contributed by atoms with Crippen LogP contribution in [0.3, 0.4) is 0 Å². The van der Waals surface area contributed by atoms with Crippen molar-refractivity contribution in [3.63, 3.8) is 0 Å². The number of nitrogens with one attached hydrogen (secondary N) is 4. The number of rotatable bonds is 15. The van der Waals surface area contributed by atoms with Crippen LogP contribution in [-0.4, -0.2) is 107 Å². The van der Waals surface area contributed by atoms with E-state index in [0.29, 0.717) is 30.4 Å². The SMILES string of the molecule is C=CC1C[C@]1(NC(=O)[C@@H]1C[C@@H](Oc2cc(NC[S+](C)C)nc(-c3ccccc3)n2)CN1C(=O)[C@@H](NC(=O)OC1CCCC1)C(C)(C)C)C(=O)NS(=O)(=O)C1CC1. The van der Waals surface area contributed by atoms with Crippen LogP contribution >= 0.6 is 0 Å². The van der Waals surface area contributed by atoms with Gasteiger partial charge in [0.2, 0.25) is 27.7 Å². The smallest absolute Gasteiger partial charge is 0.408 e. The highest BCUT2D eigenvalue weighted by Gasteiger charge is 2.62. The number of hydrogen-bond acceptors (Lipinski definition) is 11. The molecule has 1 unspecified atom stereocenters. The summed E-state index contributed by atoms with van der Waals surface area (Å²) in [6.45, 7) is 9.16. The molecule has 304 valence electrons. The van der Waals surface area contributed by atoms with Crippen molar-refractivity contribution < 1.29 is 37.1 Å². The van der Waals surface area contributed by atoms with E-state index in [-0.39, 0.29) is 42.3 Å². The van der Waals surface area contributed by atoms with E-state index >= 15 is 0 Å². The lowest BCUT2D eigenvalue weighted by Gasteiger charge is -2.35. The Balaban J connectivity index is 1.28. The van der Waals surface area contributed by atoms with Gasteiger partial charge >= 0.3 is 6.09 Å². The van der Waals surface area contributed by atoms with Crippen LogP contribution in [0, 0.1) is 11.3 Å². The minimum atomic E-state index is -3.91. The van der Waals surface area contributed by atoms with Crippen molar-refractivity contribution in [1.29, 1.82) is 0 Å². The van der Waals surface area contributed by atoms with Crippen molar-refractivity contribution in [2.45, 2.75) is 107 Å². The molecule has 4 amide bonds. The van der Waals surface area contributed by atoms with E-state index in [2.05, 4.69) is 39.8 Å². The Morgan fingerprint density at radius 2 is 1.75 bits per heavy atom. The second-order valence-corrected chi connectivity index (χ2v) is 20.7. The van der Waals surface area contributed by atoms with Crippen LogP contribution in [0.1, 0.15) is 72.1 Å². The zero-order valence-corrected chi connectivity index (χ0v) is 34.3. The summed E-state index contributed by atoms with van der Waals surface area (Å²) in [7, 11) is -3.85. The van der Waals surface area contributed by atoms with E-state index in [0.717, 1.165) is 31.2 Å². The van der Waals surface area contributed by atoms with Crippen LogP contribution in [0.25, 0.3) is 11.4 Å². The summed E-state index contributed by atoms with van der Waals surface area (Å²) in [6, 6.07) is 8.86. The van der Waals surface area contributed by atoms with Gasteiger partial charge in [-0.15, -0.1) is 6.58 Å². The lowest BCUT2D eigenvalue weighted by Crippen LogP contribution is -2.60. The summed E-state index contributed by atoms with van der Waals surface area (Å²) in [5, 5.41) is 8.29. The Hall–Kier alpha value is -4.38. The van der Waals surface area contributed by atoms with Gasteiger partial charge < -0.3 is 30.3 Å². The highest BCUT2D eigenvalue weighted by Crippen LogP contribution is 2.45. The average Bonchev–Trinajstić information content (AvgIpc) is 4.03. The van der Waals surface area contributed by atoms with Gasteiger partial charge in [-0.05, 0) is 50.4 Å². The summed E-state index contributed by atoms with van der Waals surface area (Å²) in [5.41, 5.74) is -1.59. The number of hydrogen-bond donors (Lipinski definition) is 4. The summed E-state index contributed by atoms with van der Waals surface area (Å²) >= 11 is 0. The van der Waals surface area contributed by atoms with Crippen molar-refractivity contribution in [3.05, 3.63) is 49.1 Å². The van der Waals surface area contributed by atoms with Crippen LogP contribution in [0.2, 0.25) is 0 Å². The fourth-order valence-corrected chi connectivity index (χ4v) is 9.00. The first-order valence-electron chi connectivity index (χ1n) is 19.2. The summed E-state index contributed by atoms with van der Waals surface area (Å²) in [4.78, 5) is 66.5. The fourth-order valence-electron chi connectivity index (χ4n) is 7.20. The van der Waals surface area contributed by atoms with Crippen molar-refractivity contribution in [3.8, 4) is 17.3 Å². The fraction of sp³-hybridized carbons (Fsp3) is 0.590. The Bertz CT molecular complexity index is 1910. The third-order valence-electron chi connectivity index (χ3n) is 10.6. The second kappa shape index (κ2) is 16.6. The van der Waals surface area contributed by atoms with Crippen LogP contribution in [-0.2, 0) is 40.0 Å². The molecule has 0 spiro atoms. The quantitative estimate of drug-likeness (QED) is 0.152. The maximum absolute atomic E-state index is 14.6. The normalized spacial score (nSPS) is 24.2. The van der Waals surface area contributed by atoms with Crippen LogP contribution in [0.4, 0.5) is 10.6 Å². The van der Waals surface area contributed by atoms with Crippen molar-refractivity contribution >= 4 is 50.6 Å². The zero-order chi connectivity index (χ0) is 40.4. The number of benzene rings is 1. The lowest BCUT2D eigenvalue weighted by atomic mass is 9.85. The molecule has 1 aromatic carbocycles. The minimum absolute atomic E-state index is 0.0125. The predicted octanol–water partition coefficient (Wildman–Crippen LogP) is 3.49. The van der Waals surface area contributed by atoms with Crippen LogP contribution < -0.4 is 25.4 Å². The van der Waals surface area contributed by atoms with E-state index in [1.807, 2.05) is 30.3 Å². The minimum Gasteiger partial charge on any atom is -0.472 e. The van der Waals surface area contributed by atoms with Crippen LogP contribution in [0.15, 0.2) is 49.1 Å². The largest absolute Gasteiger partial charge is 0.472 e. The number of carbonyl (C=O) groups is 4. The zero-order valence-electron chi connectivity index (χ0n) is 32.7. The molecule has 56 heavy (non-hydrogen) atoms. The molecular formula is C39H54N7O8S2+. The number of sulfonamides is 1. The van der Waals surface area contributed by atoms with Crippen molar-refractivity contribution in [1.82, 2.24) is 30.2 Å². The molecule has 3 aliphatic carbocycles. The first-order valence-corrected chi connectivity index (χ1v) is 22.9. The first-order chi connectivity index (χ1) is 26.5. The molecule has 5 atom stereocenters. The van der Waals surface area contributed by atoms with Gasteiger partial charge in [0.1, 0.15) is 35.6 Å². The number of carbonyl (C=O) groups excluding carboxylic acids is 4. The number of amides is 4. The second-order valence-electron chi connectivity index (χ2n) is 16.5. The number of likely N-dealkylation sites (tertiary alicyclic amines) is 1. The molecule has 4 N–H and O–H groups in total. The summed E-state index contributed by atoms with van der Waals surface area (Å²) < 4.78 is 39.8. The molecule has 0 radical (unpaired) electrons. The molecule has 0 bridgehead atoms.